The topological polar surface area (TPSA) is 73.1 Å². The SMILES string of the molecule is NC(=O)c1nc2ccccc2cc1C(C=O)Cc1ccccc1. The van der Waals surface area contributed by atoms with E-state index in [1.807, 2.05) is 60.7 Å². The van der Waals surface area contributed by atoms with Crippen LogP contribution < -0.4 is 5.73 Å². The highest BCUT2D eigenvalue weighted by atomic mass is 16.1. The minimum absolute atomic E-state index is 0.164. The Morgan fingerprint density at radius 3 is 2.48 bits per heavy atom. The first-order valence-corrected chi connectivity index (χ1v) is 7.37. The van der Waals surface area contributed by atoms with Crippen LogP contribution in [-0.2, 0) is 11.2 Å². The third-order valence-electron chi connectivity index (χ3n) is 3.85. The maximum Gasteiger partial charge on any atom is 0.267 e. The quantitative estimate of drug-likeness (QED) is 0.737. The molecule has 1 heterocycles. The second-order valence-corrected chi connectivity index (χ2v) is 5.42. The first-order valence-electron chi connectivity index (χ1n) is 7.37. The lowest BCUT2D eigenvalue weighted by Crippen LogP contribution is -2.19. The molecule has 4 nitrogen and oxygen atoms in total. The highest BCUT2D eigenvalue weighted by Crippen LogP contribution is 2.25. The molecule has 0 aliphatic rings. The molecule has 0 radical (unpaired) electrons. The summed E-state index contributed by atoms with van der Waals surface area (Å²) in [4.78, 5) is 27.8. The van der Waals surface area contributed by atoms with Crippen molar-refractivity contribution in [3.8, 4) is 0 Å². The molecule has 0 spiro atoms. The number of carbonyl (C=O) groups is 2. The molecule has 23 heavy (non-hydrogen) atoms. The molecule has 1 amide bonds. The summed E-state index contributed by atoms with van der Waals surface area (Å²) in [5.74, 6) is -1.08. The van der Waals surface area contributed by atoms with Crippen LogP contribution in [0.5, 0.6) is 0 Å². The Morgan fingerprint density at radius 1 is 1.09 bits per heavy atom. The Bertz CT molecular complexity index is 860. The Morgan fingerprint density at radius 2 is 1.78 bits per heavy atom. The fourth-order valence-electron chi connectivity index (χ4n) is 2.71. The highest BCUT2D eigenvalue weighted by molar-refractivity contribution is 5.96. The molecule has 0 saturated carbocycles. The van der Waals surface area contributed by atoms with Crippen molar-refractivity contribution in [3.05, 3.63) is 77.5 Å². The number of rotatable bonds is 5. The van der Waals surface area contributed by atoms with Crippen LogP contribution in [0, 0.1) is 0 Å². The van der Waals surface area contributed by atoms with E-state index < -0.39 is 11.8 Å². The van der Waals surface area contributed by atoms with E-state index in [1.54, 1.807) is 0 Å². The lowest BCUT2D eigenvalue weighted by Gasteiger charge is -2.14. The molecule has 0 aliphatic carbocycles. The summed E-state index contributed by atoms with van der Waals surface area (Å²) in [6, 6.07) is 19.0. The van der Waals surface area contributed by atoms with Gasteiger partial charge in [-0.1, -0.05) is 48.5 Å². The zero-order valence-electron chi connectivity index (χ0n) is 12.5. The number of primary amides is 1. The van der Waals surface area contributed by atoms with Crippen molar-refractivity contribution in [2.24, 2.45) is 5.73 Å². The summed E-state index contributed by atoms with van der Waals surface area (Å²) in [5, 5.41) is 0.882. The average Bonchev–Trinajstić information content (AvgIpc) is 2.59. The van der Waals surface area contributed by atoms with Gasteiger partial charge < -0.3 is 10.5 Å². The maximum atomic E-state index is 11.8. The molecule has 2 aromatic carbocycles. The Kier molecular flexibility index (Phi) is 4.15. The van der Waals surface area contributed by atoms with Crippen molar-refractivity contribution in [2.45, 2.75) is 12.3 Å². The first kappa shape index (κ1) is 14.9. The van der Waals surface area contributed by atoms with Crippen molar-refractivity contribution in [1.29, 1.82) is 0 Å². The number of carbonyl (C=O) groups excluding carboxylic acids is 2. The maximum absolute atomic E-state index is 11.8. The molecule has 0 fully saturated rings. The van der Waals surface area contributed by atoms with Gasteiger partial charge in [0, 0.05) is 11.3 Å². The number of pyridine rings is 1. The van der Waals surface area contributed by atoms with Crippen molar-refractivity contribution in [3.63, 3.8) is 0 Å². The monoisotopic (exact) mass is 304 g/mol. The van der Waals surface area contributed by atoms with E-state index in [-0.39, 0.29) is 5.69 Å². The van der Waals surface area contributed by atoms with Crippen LogP contribution in [0.15, 0.2) is 60.7 Å². The summed E-state index contributed by atoms with van der Waals surface area (Å²) < 4.78 is 0. The number of hydrogen-bond donors (Lipinski definition) is 1. The number of aromatic nitrogens is 1. The smallest absolute Gasteiger partial charge is 0.267 e. The molecular formula is C19H16N2O2. The Hall–Kier alpha value is -3.01. The van der Waals surface area contributed by atoms with Gasteiger partial charge >= 0.3 is 0 Å². The van der Waals surface area contributed by atoms with Crippen LogP contribution in [0.4, 0.5) is 0 Å². The minimum atomic E-state index is -0.620. The summed E-state index contributed by atoms with van der Waals surface area (Å²) in [5.41, 5.74) is 7.93. The zero-order valence-corrected chi connectivity index (χ0v) is 12.5. The molecule has 0 aliphatic heterocycles. The van der Waals surface area contributed by atoms with Crippen LogP contribution in [0.25, 0.3) is 10.9 Å². The fourth-order valence-corrected chi connectivity index (χ4v) is 2.71. The van der Waals surface area contributed by atoms with E-state index in [0.29, 0.717) is 17.5 Å². The van der Waals surface area contributed by atoms with Gasteiger partial charge in [-0.2, -0.15) is 0 Å². The predicted octanol–water partition coefficient (Wildman–Crippen LogP) is 2.86. The van der Waals surface area contributed by atoms with Crippen molar-refractivity contribution in [2.75, 3.05) is 0 Å². The largest absolute Gasteiger partial charge is 0.364 e. The standard InChI is InChI=1S/C19H16N2O2/c20-19(23)18-16(11-14-8-4-5-9-17(14)21-18)15(12-22)10-13-6-2-1-3-7-13/h1-9,11-12,15H,10H2,(H2,20,23). The van der Waals surface area contributed by atoms with Crippen LogP contribution in [-0.4, -0.2) is 17.2 Å². The molecule has 1 unspecified atom stereocenters. The molecule has 0 bridgehead atoms. The van der Waals surface area contributed by atoms with Gasteiger partial charge in [0.05, 0.1) is 5.52 Å². The molecular weight excluding hydrogens is 288 g/mol. The number of para-hydroxylation sites is 1. The number of nitrogens with two attached hydrogens (primary N) is 1. The van der Waals surface area contributed by atoms with Gasteiger partial charge in [-0.05, 0) is 29.7 Å². The molecule has 1 atom stereocenters. The van der Waals surface area contributed by atoms with Crippen molar-refractivity contribution < 1.29 is 9.59 Å². The second kappa shape index (κ2) is 6.40. The third-order valence-corrected chi connectivity index (χ3v) is 3.85. The van der Waals surface area contributed by atoms with Crippen molar-refractivity contribution in [1.82, 2.24) is 4.98 Å². The number of fused-ring (bicyclic) bond motifs is 1. The van der Waals surface area contributed by atoms with Gasteiger partial charge in [0.25, 0.3) is 5.91 Å². The molecule has 3 rings (SSSR count). The predicted molar refractivity (Wildman–Crippen MR) is 89.2 cm³/mol. The van der Waals surface area contributed by atoms with E-state index in [2.05, 4.69) is 4.98 Å². The average molecular weight is 304 g/mol. The molecule has 114 valence electrons. The lowest BCUT2D eigenvalue weighted by atomic mass is 9.91. The summed E-state index contributed by atoms with van der Waals surface area (Å²) in [6.45, 7) is 0. The number of aldehydes is 1. The molecule has 4 heteroatoms. The number of hydrogen-bond acceptors (Lipinski definition) is 3. The van der Waals surface area contributed by atoms with E-state index in [1.165, 1.54) is 0 Å². The number of amides is 1. The molecule has 3 aromatic rings. The molecule has 0 saturated heterocycles. The summed E-state index contributed by atoms with van der Waals surface area (Å²) >= 11 is 0. The van der Waals surface area contributed by atoms with Crippen LogP contribution in [0.1, 0.15) is 27.5 Å². The van der Waals surface area contributed by atoms with Crippen LogP contribution in [0.3, 0.4) is 0 Å². The minimum Gasteiger partial charge on any atom is -0.364 e. The van der Waals surface area contributed by atoms with Gasteiger partial charge in [-0.3, -0.25) is 4.79 Å². The van der Waals surface area contributed by atoms with Gasteiger partial charge in [0.1, 0.15) is 12.0 Å². The van der Waals surface area contributed by atoms with Crippen LogP contribution >= 0.6 is 0 Å². The third kappa shape index (κ3) is 3.11. The van der Waals surface area contributed by atoms with E-state index in [9.17, 15) is 9.59 Å². The second-order valence-electron chi connectivity index (χ2n) is 5.42. The van der Waals surface area contributed by atoms with Crippen LogP contribution in [0.2, 0.25) is 0 Å². The van der Waals surface area contributed by atoms with Gasteiger partial charge in [-0.25, -0.2) is 4.98 Å². The normalized spacial score (nSPS) is 12.0. The molecule has 2 N–H and O–H groups in total. The van der Waals surface area contributed by atoms with E-state index >= 15 is 0 Å². The lowest BCUT2D eigenvalue weighted by molar-refractivity contribution is -0.109. The number of benzene rings is 2. The number of nitrogens with zero attached hydrogens (tertiary/aromatic N) is 1. The van der Waals surface area contributed by atoms with Gasteiger partial charge in [-0.15, -0.1) is 0 Å². The first-order chi connectivity index (χ1) is 11.2. The highest BCUT2D eigenvalue weighted by Gasteiger charge is 2.20. The zero-order chi connectivity index (χ0) is 16.2. The summed E-state index contributed by atoms with van der Waals surface area (Å²) in [7, 11) is 0. The Balaban J connectivity index is 2.09. The molecule has 1 aromatic heterocycles. The van der Waals surface area contributed by atoms with E-state index in [4.69, 9.17) is 5.73 Å². The van der Waals surface area contributed by atoms with Crippen molar-refractivity contribution >= 4 is 23.1 Å². The van der Waals surface area contributed by atoms with Gasteiger partial charge in [0.15, 0.2) is 0 Å². The van der Waals surface area contributed by atoms with Gasteiger partial charge in [0.2, 0.25) is 0 Å². The van der Waals surface area contributed by atoms with E-state index in [0.717, 1.165) is 17.2 Å². The Labute approximate surface area is 134 Å². The summed E-state index contributed by atoms with van der Waals surface area (Å²) in [6.07, 6.45) is 1.36. The fraction of sp³-hybridized carbons (Fsp3) is 0.105.